The number of ketones is 1. The molecule has 5 nitrogen and oxygen atoms in total. The van der Waals surface area contributed by atoms with Crippen molar-refractivity contribution in [3.8, 4) is 5.75 Å². The van der Waals surface area contributed by atoms with Crippen molar-refractivity contribution in [3.05, 3.63) is 100 Å². The number of aliphatic hydroxyl groups is 1. The highest BCUT2D eigenvalue weighted by molar-refractivity contribution is 6.51. The fraction of sp³-hybridized carbons (Fsp3) is 0.120. The Morgan fingerprint density at radius 2 is 1.74 bits per heavy atom. The zero-order chi connectivity index (χ0) is 22.1. The van der Waals surface area contributed by atoms with Crippen LogP contribution in [0.25, 0.3) is 5.76 Å². The number of carbonyl (C=O) groups is 2. The predicted octanol–water partition coefficient (Wildman–Crippen LogP) is 5.28. The van der Waals surface area contributed by atoms with Gasteiger partial charge < -0.3 is 9.84 Å². The molecular formula is C25H20ClNO4. The van der Waals surface area contributed by atoms with Gasteiger partial charge in [-0.1, -0.05) is 60.1 Å². The van der Waals surface area contributed by atoms with Gasteiger partial charge in [0.2, 0.25) is 0 Å². The number of Topliss-reactive ketones (excluding diaryl/α,β-unsaturated/α-hetero) is 1. The van der Waals surface area contributed by atoms with Crippen LogP contribution >= 0.6 is 11.6 Å². The van der Waals surface area contributed by atoms with Crippen molar-refractivity contribution in [2.75, 3.05) is 12.0 Å². The van der Waals surface area contributed by atoms with Crippen LogP contribution < -0.4 is 9.64 Å². The first kappa shape index (κ1) is 20.7. The minimum Gasteiger partial charge on any atom is -0.507 e. The monoisotopic (exact) mass is 433 g/mol. The van der Waals surface area contributed by atoms with E-state index in [9.17, 15) is 14.7 Å². The van der Waals surface area contributed by atoms with Gasteiger partial charge in [0.05, 0.1) is 18.7 Å². The topological polar surface area (TPSA) is 66.8 Å². The Labute approximate surface area is 185 Å². The Morgan fingerprint density at radius 3 is 2.42 bits per heavy atom. The number of methoxy groups -OCH3 is 1. The molecule has 1 aliphatic rings. The summed E-state index contributed by atoms with van der Waals surface area (Å²) in [5, 5.41) is 11.5. The van der Waals surface area contributed by atoms with Crippen molar-refractivity contribution in [1.82, 2.24) is 0 Å². The maximum absolute atomic E-state index is 13.1. The largest absolute Gasteiger partial charge is 0.507 e. The van der Waals surface area contributed by atoms with E-state index in [1.54, 1.807) is 73.8 Å². The van der Waals surface area contributed by atoms with Crippen LogP contribution in [0.3, 0.4) is 0 Å². The molecule has 1 heterocycles. The van der Waals surface area contributed by atoms with E-state index in [2.05, 4.69) is 0 Å². The Kier molecular flexibility index (Phi) is 5.53. The molecule has 6 heteroatoms. The molecule has 1 saturated heterocycles. The summed E-state index contributed by atoms with van der Waals surface area (Å²) in [6.07, 6.45) is 0. The number of carbonyl (C=O) groups excluding carboxylic acids is 2. The SMILES string of the molecule is COc1cccc([C@H]2C(=C(O)c3ccccc3)C(=O)C(=O)N2c2ccc(C)c(Cl)c2)c1. The first-order valence-corrected chi connectivity index (χ1v) is 10.1. The molecular weight excluding hydrogens is 414 g/mol. The highest BCUT2D eigenvalue weighted by atomic mass is 35.5. The molecule has 31 heavy (non-hydrogen) atoms. The minimum absolute atomic E-state index is 0.0150. The number of nitrogens with zero attached hydrogens (tertiary/aromatic N) is 1. The van der Waals surface area contributed by atoms with Crippen molar-refractivity contribution in [1.29, 1.82) is 0 Å². The number of rotatable bonds is 4. The lowest BCUT2D eigenvalue weighted by atomic mass is 9.95. The Balaban J connectivity index is 1.97. The van der Waals surface area contributed by atoms with Crippen molar-refractivity contribution < 1.29 is 19.4 Å². The maximum atomic E-state index is 13.1. The lowest BCUT2D eigenvalue weighted by Crippen LogP contribution is -2.29. The first-order valence-electron chi connectivity index (χ1n) is 9.69. The van der Waals surface area contributed by atoms with Gasteiger partial charge in [-0.15, -0.1) is 0 Å². The van der Waals surface area contributed by atoms with Crippen molar-refractivity contribution >= 4 is 34.7 Å². The summed E-state index contributed by atoms with van der Waals surface area (Å²) in [7, 11) is 1.54. The van der Waals surface area contributed by atoms with Crippen molar-refractivity contribution in [3.63, 3.8) is 0 Å². The first-order chi connectivity index (χ1) is 14.9. The summed E-state index contributed by atoms with van der Waals surface area (Å²) >= 11 is 6.31. The molecule has 3 aromatic rings. The molecule has 1 aliphatic heterocycles. The fourth-order valence-electron chi connectivity index (χ4n) is 3.71. The van der Waals surface area contributed by atoms with Crippen LogP contribution in [-0.2, 0) is 9.59 Å². The van der Waals surface area contributed by atoms with E-state index in [1.165, 1.54) is 4.90 Å². The zero-order valence-corrected chi connectivity index (χ0v) is 17.8. The van der Waals surface area contributed by atoms with Gasteiger partial charge in [0.25, 0.3) is 11.7 Å². The molecule has 0 bridgehead atoms. The molecule has 1 atom stereocenters. The molecule has 1 amide bonds. The van der Waals surface area contributed by atoms with Crippen LogP contribution in [0.4, 0.5) is 5.69 Å². The molecule has 0 saturated carbocycles. The summed E-state index contributed by atoms with van der Waals surface area (Å²) in [5.74, 6) is -1.15. The van der Waals surface area contributed by atoms with E-state index in [0.717, 1.165) is 5.56 Å². The summed E-state index contributed by atoms with van der Waals surface area (Å²) in [6.45, 7) is 1.86. The maximum Gasteiger partial charge on any atom is 0.300 e. The second-order valence-electron chi connectivity index (χ2n) is 7.25. The summed E-state index contributed by atoms with van der Waals surface area (Å²) in [5.41, 5.74) is 2.42. The number of hydrogen-bond acceptors (Lipinski definition) is 4. The van der Waals surface area contributed by atoms with Crippen molar-refractivity contribution in [2.24, 2.45) is 0 Å². The number of ether oxygens (including phenoxy) is 1. The van der Waals surface area contributed by atoms with E-state index in [1.807, 2.05) is 13.0 Å². The second kappa shape index (κ2) is 8.28. The van der Waals surface area contributed by atoms with Gasteiger partial charge in [0.15, 0.2) is 0 Å². The van der Waals surface area contributed by atoms with Gasteiger partial charge in [-0.05, 0) is 42.3 Å². The van der Waals surface area contributed by atoms with Gasteiger partial charge in [0.1, 0.15) is 11.5 Å². The quantitative estimate of drug-likeness (QED) is 0.345. The van der Waals surface area contributed by atoms with E-state index >= 15 is 0 Å². The third-order valence-electron chi connectivity index (χ3n) is 5.33. The fourth-order valence-corrected chi connectivity index (χ4v) is 3.88. The highest BCUT2D eigenvalue weighted by Gasteiger charge is 2.47. The van der Waals surface area contributed by atoms with E-state index < -0.39 is 17.7 Å². The number of benzene rings is 3. The smallest absolute Gasteiger partial charge is 0.300 e. The number of aryl methyl sites for hydroxylation is 1. The average molecular weight is 434 g/mol. The predicted molar refractivity (Wildman–Crippen MR) is 120 cm³/mol. The van der Waals surface area contributed by atoms with Gasteiger partial charge >= 0.3 is 0 Å². The number of anilines is 1. The Morgan fingerprint density at radius 1 is 1.00 bits per heavy atom. The molecule has 3 aromatic carbocycles. The summed E-state index contributed by atoms with van der Waals surface area (Å²) in [6, 6.07) is 20.1. The number of amides is 1. The third kappa shape index (κ3) is 3.68. The molecule has 0 aliphatic carbocycles. The van der Waals surface area contributed by atoms with Crippen LogP contribution in [0.15, 0.2) is 78.4 Å². The molecule has 0 unspecified atom stereocenters. The van der Waals surface area contributed by atoms with Crippen LogP contribution in [0, 0.1) is 6.92 Å². The average Bonchev–Trinajstić information content (AvgIpc) is 3.06. The number of aliphatic hydroxyl groups excluding tert-OH is 1. The van der Waals surface area contributed by atoms with Crippen molar-refractivity contribution in [2.45, 2.75) is 13.0 Å². The molecule has 1 N–H and O–H groups in total. The van der Waals surface area contributed by atoms with Crippen LogP contribution in [0.5, 0.6) is 5.75 Å². The normalized spacial score (nSPS) is 17.8. The molecule has 0 aromatic heterocycles. The molecule has 0 radical (unpaired) electrons. The lowest BCUT2D eigenvalue weighted by Gasteiger charge is -2.26. The lowest BCUT2D eigenvalue weighted by molar-refractivity contribution is -0.132. The van der Waals surface area contributed by atoms with Crippen LogP contribution in [-0.4, -0.2) is 23.9 Å². The van der Waals surface area contributed by atoms with Gasteiger partial charge in [-0.2, -0.15) is 0 Å². The number of hydrogen-bond donors (Lipinski definition) is 1. The number of halogens is 1. The van der Waals surface area contributed by atoms with Gasteiger partial charge in [0, 0.05) is 16.3 Å². The Hall–Kier alpha value is -3.57. The van der Waals surface area contributed by atoms with Gasteiger partial charge in [-0.3, -0.25) is 14.5 Å². The molecule has 4 rings (SSSR count). The van der Waals surface area contributed by atoms with Crippen LogP contribution in [0.1, 0.15) is 22.7 Å². The third-order valence-corrected chi connectivity index (χ3v) is 5.74. The van der Waals surface area contributed by atoms with E-state index in [-0.39, 0.29) is 11.3 Å². The Bertz CT molecular complexity index is 1200. The standard InChI is InChI=1S/C25H20ClNO4/c1-15-11-12-18(14-20(15)26)27-22(17-9-6-10-19(13-17)31-2)21(24(29)25(27)30)23(28)16-7-4-3-5-8-16/h3-14,22,28H,1-2H3/t22-/m0/s1. The molecule has 156 valence electrons. The molecule has 0 spiro atoms. The minimum atomic E-state index is -0.839. The summed E-state index contributed by atoms with van der Waals surface area (Å²) < 4.78 is 5.34. The van der Waals surface area contributed by atoms with E-state index in [0.29, 0.717) is 27.6 Å². The van der Waals surface area contributed by atoms with Gasteiger partial charge in [-0.25, -0.2) is 0 Å². The zero-order valence-electron chi connectivity index (χ0n) is 17.0. The van der Waals surface area contributed by atoms with Crippen LogP contribution in [0.2, 0.25) is 5.02 Å². The second-order valence-corrected chi connectivity index (χ2v) is 7.65. The molecule has 1 fully saturated rings. The highest BCUT2D eigenvalue weighted by Crippen LogP contribution is 2.43. The van der Waals surface area contributed by atoms with E-state index in [4.69, 9.17) is 16.3 Å². The summed E-state index contributed by atoms with van der Waals surface area (Å²) in [4.78, 5) is 27.6.